The molecule has 1 aromatic carbocycles. The molecule has 0 atom stereocenters. The Hall–Kier alpha value is -3.33. The Bertz CT molecular complexity index is 1080. The first kappa shape index (κ1) is 20.9. The number of carbonyl (C=O) groups is 2. The zero-order valence-corrected chi connectivity index (χ0v) is 18.6. The number of aryl methyl sites for hydroxylation is 2. The lowest BCUT2D eigenvalue weighted by molar-refractivity contribution is 0.0741. The van der Waals surface area contributed by atoms with Gasteiger partial charge in [0.05, 0.1) is 0 Å². The van der Waals surface area contributed by atoms with E-state index in [1.165, 1.54) is 11.3 Å². The summed E-state index contributed by atoms with van der Waals surface area (Å²) < 4.78 is 0. The SMILES string of the molecule is CC(=O)c1ccc(N2CCN(C(=O)c3csc(Nc4nc(C)cc(C)n4)n3)CC2)cc1. The first-order valence-electron chi connectivity index (χ1n) is 10.1. The molecular formula is C22H24N6O2S. The lowest BCUT2D eigenvalue weighted by Crippen LogP contribution is -2.48. The van der Waals surface area contributed by atoms with Gasteiger partial charge in [-0.15, -0.1) is 11.3 Å². The fourth-order valence-electron chi connectivity index (χ4n) is 3.54. The monoisotopic (exact) mass is 436 g/mol. The van der Waals surface area contributed by atoms with Crippen LogP contribution in [0.25, 0.3) is 0 Å². The molecule has 0 bridgehead atoms. The Labute approximate surface area is 185 Å². The molecule has 0 unspecified atom stereocenters. The minimum atomic E-state index is -0.0720. The van der Waals surface area contributed by atoms with Gasteiger partial charge in [0.2, 0.25) is 5.95 Å². The van der Waals surface area contributed by atoms with E-state index in [0.717, 1.165) is 30.2 Å². The third-order valence-electron chi connectivity index (χ3n) is 5.13. The number of ketones is 1. The van der Waals surface area contributed by atoms with Gasteiger partial charge in [0.1, 0.15) is 5.69 Å². The van der Waals surface area contributed by atoms with E-state index in [9.17, 15) is 9.59 Å². The molecule has 160 valence electrons. The van der Waals surface area contributed by atoms with Crippen molar-refractivity contribution in [2.45, 2.75) is 20.8 Å². The molecular weight excluding hydrogens is 412 g/mol. The van der Waals surface area contributed by atoms with Crippen molar-refractivity contribution in [2.75, 3.05) is 36.4 Å². The molecule has 0 spiro atoms. The summed E-state index contributed by atoms with van der Waals surface area (Å²) in [7, 11) is 0. The molecule has 2 aromatic heterocycles. The molecule has 0 aliphatic carbocycles. The largest absolute Gasteiger partial charge is 0.368 e. The molecule has 1 aliphatic heterocycles. The fourth-order valence-corrected chi connectivity index (χ4v) is 4.22. The van der Waals surface area contributed by atoms with Crippen molar-refractivity contribution in [1.82, 2.24) is 19.9 Å². The van der Waals surface area contributed by atoms with Crippen LogP contribution in [0.1, 0.15) is 39.2 Å². The van der Waals surface area contributed by atoms with E-state index in [-0.39, 0.29) is 11.7 Å². The predicted octanol–water partition coefficient (Wildman–Crippen LogP) is 3.46. The highest BCUT2D eigenvalue weighted by Gasteiger charge is 2.24. The Morgan fingerprint density at radius 3 is 2.23 bits per heavy atom. The van der Waals surface area contributed by atoms with Crippen LogP contribution in [0.15, 0.2) is 35.7 Å². The van der Waals surface area contributed by atoms with Gasteiger partial charge in [-0.05, 0) is 51.1 Å². The van der Waals surface area contributed by atoms with Gasteiger partial charge < -0.3 is 15.1 Å². The number of rotatable bonds is 5. The Kier molecular flexibility index (Phi) is 5.94. The molecule has 3 aromatic rings. The molecule has 0 radical (unpaired) electrons. The van der Waals surface area contributed by atoms with Crippen molar-refractivity contribution < 1.29 is 9.59 Å². The summed E-state index contributed by atoms with van der Waals surface area (Å²) in [5, 5.41) is 5.45. The smallest absolute Gasteiger partial charge is 0.273 e. The number of anilines is 3. The van der Waals surface area contributed by atoms with Crippen LogP contribution in [0.3, 0.4) is 0 Å². The maximum atomic E-state index is 12.9. The second-order valence-electron chi connectivity index (χ2n) is 7.52. The topological polar surface area (TPSA) is 91.3 Å². The van der Waals surface area contributed by atoms with Crippen LogP contribution in [-0.4, -0.2) is 57.7 Å². The number of aromatic nitrogens is 3. The zero-order chi connectivity index (χ0) is 22.0. The first-order chi connectivity index (χ1) is 14.9. The molecule has 1 saturated heterocycles. The number of hydrogen-bond donors (Lipinski definition) is 1. The summed E-state index contributed by atoms with van der Waals surface area (Å²) in [5.74, 6) is 0.468. The molecule has 3 heterocycles. The third kappa shape index (κ3) is 4.88. The highest BCUT2D eigenvalue weighted by molar-refractivity contribution is 7.14. The van der Waals surface area contributed by atoms with Gasteiger partial charge in [-0.2, -0.15) is 0 Å². The second kappa shape index (κ2) is 8.81. The van der Waals surface area contributed by atoms with Gasteiger partial charge in [0.15, 0.2) is 10.9 Å². The summed E-state index contributed by atoms with van der Waals surface area (Å²) >= 11 is 1.36. The predicted molar refractivity (Wildman–Crippen MR) is 121 cm³/mol. The molecule has 9 heteroatoms. The van der Waals surface area contributed by atoms with Crippen molar-refractivity contribution >= 4 is 39.8 Å². The van der Waals surface area contributed by atoms with Gasteiger partial charge in [0.25, 0.3) is 5.91 Å². The number of piperazine rings is 1. The minimum Gasteiger partial charge on any atom is -0.368 e. The Morgan fingerprint density at radius 2 is 1.61 bits per heavy atom. The Balaban J connectivity index is 1.36. The average Bonchev–Trinajstić information content (AvgIpc) is 3.21. The van der Waals surface area contributed by atoms with Crippen molar-refractivity contribution in [3.05, 3.63) is 58.4 Å². The number of amides is 1. The molecule has 1 fully saturated rings. The second-order valence-corrected chi connectivity index (χ2v) is 8.38. The van der Waals surface area contributed by atoms with E-state index in [1.54, 1.807) is 12.3 Å². The summed E-state index contributed by atoms with van der Waals surface area (Å²) in [5.41, 5.74) is 3.94. The molecule has 0 saturated carbocycles. The van der Waals surface area contributed by atoms with Crippen molar-refractivity contribution in [1.29, 1.82) is 0 Å². The molecule has 1 aliphatic rings. The molecule has 31 heavy (non-hydrogen) atoms. The zero-order valence-electron chi connectivity index (χ0n) is 17.8. The number of Topliss-reactive ketones (excluding diaryl/α,β-unsaturated/α-hetero) is 1. The van der Waals surface area contributed by atoms with Crippen molar-refractivity contribution in [2.24, 2.45) is 0 Å². The third-order valence-corrected chi connectivity index (χ3v) is 5.89. The van der Waals surface area contributed by atoms with Crippen LogP contribution in [0.4, 0.5) is 16.8 Å². The van der Waals surface area contributed by atoms with E-state index in [1.807, 2.05) is 49.1 Å². The van der Waals surface area contributed by atoms with Gasteiger partial charge in [0, 0.05) is 54.2 Å². The fraction of sp³-hybridized carbons (Fsp3) is 0.318. The van der Waals surface area contributed by atoms with E-state index < -0.39 is 0 Å². The highest BCUT2D eigenvalue weighted by Crippen LogP contribution is 2.22. The number of hydrogen-bond acceptors (Lipinski definition) is 8. The lowest BCUT2D eigenvalue weighted by atomic mass is 10.1. The number of carbonyl (C=O) groups excluding carboxylic acids is 2. The Morgan fingerprint density at radius 1 is 0.968 bits per heavy atom. The van der Waals surface area contributed by atoms with Gasteiger partial charge in [-0.3, -0.25) is 9.59 Å². The van der Waals surface area contributed by atoms with Crippen molar-refractivity contribution in [3.63, 3.8) is 0 Å². The van der Waals surface area contributed by atoms with Crippen molar-refractivity contribution in [3.8, 4) is 0 Å². The first-order valence-corrected chi connectivity index (χ1v) is 11.0. The summed E-state index contributed by atoms with van der Waals surface area (Å²) in [6.45, 7) is 8.09. The quantitative estimate of drug-likeness (QED) is 0.613. The van der Waals surface area contributed by atoms with Crippen LogP contribution in [0.5, 0.6) is 0 Å². The maximum Gasteiger partial charge on any atom is 0.273 e. The van der Waals surface area contributed by atoms with Crippen LogP contribution < -0.4 is 10.2 Å². The lowest BCUT2D eigenvalue weighted by Gasteiger charge is -2.35. The van der Waals surface area contributed by atoms with Crippen LogP contribution in [0.2, 0.25) is 0 Å². The van der Waals surface area contributed by atoms with Crippen LogP contribution in [0, 0.1) is 13.8 Å². The summed E-state index contributed by atoms with van der Waals surface area (Å²) in [6, 6.07) is 9.51. The number of benzene rings is 1. The summed E-state index contributed by atoms with van der Waals surface area (Å²) in [4.78, 5) is 41.5. The average molecular weight is 437 g/mol. The standard InChI is InChI=1S/C22H24N6O2S/c1-14-12-15(2)24-21(23-14)26-22-25-19(13-31-22)20(30)28-10-8-27(9-11-28)18-6-4-17(5-7-18)16(3)29/h4-7,12-13H,8-11H2,1-3H3,(H,23,24,25,26). The molecule has 4 rings (SSSR count). The van der Waals surface area contributed by atoms with Gasteiger partial charge in [-0.25, -0.2) is 15.0 Å². The normalized spacial score (nSPS) is 13.9. The number of nitrogens with zero attached hydrogens (tertiary/aromatic N) is 5. The maximum absolute atomic E-state index is 12.9. The molecule has 1 N–H and O–H groups in total. The number of thiazole rings is 1. The van der Waals surface area contributed by atoms with E-state index in [2.05, 4.69) is 25.2 Å². The van der Waals surface area contributed by atoms with Gasteiger partial charge >= 0.3 is 0 Å². The molecule has 1 amide bonds. The van der Waals surface area contributed by atoms with Gasteiger partial charge in [-0.1, -0.05) is 0 Å². The van der Waals surface area contributed by atoms with E-state index in [0.29, 0.717) is 35.4 Å². The number of nitrogens with one attached hydrogen (secondary N) is 1. The minimum absolute atomic E-state index is 0.0585. The van der Waals surface area contributed by atoms with E-state index in [4.69, 9.17) is 0 Å². The highest BCUT2D eigenvalue weighted by atomic mass is 32.1. The molecule has 8 nitrogen and oxygen atoms in total. The van der Waals surface area contributed by atoms with Crippen LogP contribution in [-0.2, 0) is 0 Å². The summed E-state index contributed by atoms with van der Waals surface area (Å²) in [6.07, 6.45) is 0. The van der Waals surface area contributed by atoms with E-state index >= 15 is 0 Å². The van der Waals surface area contributed by atoms with Crippen LogP contribution >= 0.6 is 11.3 Å².